The third kappa shape index (κ3) is 3.14. The molecule has 1 atom stereocenters. The zero-order valence-electron chi connectivity index (χ0n) is 10.3. The van der Waals surface area contributed by atoms with Crippen LogP contribution < -0.4 is 15.2 Å². The Morgan fingerprint density at radius 1 is 1.38 bits per heavy atom. The summed E-state index contributed by atoms with van der Waals surface area (Å²) >= 11 is 0. The minimum atomic E-state index is 0.465. The van der Waals surface area contributed by atoms with Gasteiger partial charge >= 0.3 is 0 Å². The van der Waals surface area contributed by atoms with Crippen molar-refractivity contribution in [3.8, 4) is 11.5 Å². The van der Waals surface area contributed by atoms with Crippen LogP contribution in [0, 0.1) is 5.92 Å². The van der Waals surface area contributed by atoms with Gasteiger partial charge in [-0.15, -0.1) is 0 Å². The molecule has 0 heterocycles. The standard InChI is InChI=1S/C13H21NO2/c1-4-10(2)9-16-13-11(8-14)6-5-7-12(13)15-3/h5-7,10H,4,8-9,14H2,1-3H3. The molecule has 0 amide bonds. The van der Waals surface area contributed by atoms with Gasteiger partial charge in [0.2, 0.25) is 0 Å². The highest BCUT2D eigenvalue weighted by molar-refractivity contribution is 5.46. The molecule has 3 heteroatoms. The van der Waals surface area contributed by atoms with Crippen LogP contribution in [0.3, 0.4) is 0 Å². The van der Waals surface area contributed by atoms with Crippen molar-refractivity contribution >= 4 is 0 Å². The summed E-state index contributed by atoms with van der Waals surface area (Å²) in [6.07, 6.45) is 1.10. The van der Waals surface area contributed by atoms with Crippen molar-refractivity contribution in [1.29, 1.82) is 0 Å². The number of hydrogen-bond donors (Lipinski definition) is 1. The smallest absolute Gasteiger partial charge is 0.165 e. The first kappa shape index (κ1) is 12.8. The molecule has 0 aromatic heterocycles. The van der Waals surface area contributed by atoms with Crippen LogP contribution in [0.15, 0.2) is 18.2 Å². The molecule has 0 aliphatic heterocycles. The van der Waals surface area contributed by atoms with E-state index in [4.69, 9.17) is 15.2 Å². The monoisotopic (exact) mass is 223 g/mol. The second kappa shape index (κ2) is 6.38. The van der Waals surface area contributed by atoms with Gasteiger partial charge in [0.1, 0.15) is 0 Å². The lowest BCUT2D eigenvalue weighted by Gasteiger charge is -2.16. The van der Waals surface area contributed by atoms with Crippen LogP contribution in [0.25, 0.3) is 0 Å². The van der Waals surface area contributed by atoms with Gasteiger partial charge in [-0.25, -0.2) is 0 Å². The maximum atomic E-state index is 5.80. The summed E-state index contributed by atoms with van der Waals surface area (Å²) in [5, 5.41) is 0. The highest BCUT2D eigenvalue weighted by Crippen LogP contribution is 2.31. The normalized spacial score (nSPS) is 12.2. The van der Waals surface area contributed by atoms with E-state index in [9.17, 15) is 0 Å². The van der Waals surface area contributed by atoms with Crippen LogP contribution in [0.1, 0.15) is 25.8 Å². The molecule has 0 spiro atoms. The Labute approximate surface area is 97.6 Å². The number of ether oxygens (including phenoxy) is 2. The Morgan fingerprint density at radius 2 is 2.12 bits per heavy atom. The summed E-state index contributed by atoms with van der Waals surface area (Å²) in [7, 11) is 1.64. The summed E-state index contributed by atoms with van der Waals surface area (Å²) in [5.74, 6) is 2.08. The average Bonchev–Trinajstić information content (AvgIpc) is 2.35. The maximum Gasteiger partial charge on any atom is 0.165 e. The van der Waals surface area contributed by atoms with Crippen molar-refractivity contribution in [3.05, 3.63) is 23.8 Å². The van der Waals surface area contributed by atoms with E-state index < -0.39 is 0 Å². The van der Waals surface area contributed by atoms with E-state index in [0.717, 1.165) is 23.5 Å². The van der Waals surface area contributed by atoms with Crippen LogP contribution in [0.5, 0.6) is 11.5 Å². The highest BCUT2D eigenvalue weighted by Gasteiger charge is 2.10. The summed E-state index contributed by atoms with van der Waals surface area (Å²) in [5.41, 5.74) is 6.67. The fraction of sp³-hybridized carbons (Fsp3) is 0.538. The Morgan fingerprint density at radius 3 is 2.69 bits per heavy atom. The van der Waals surface area contributed by atoms with Crippen molar-refractivity contribution in [3.63, 3.8) is 0 Å². The van der Waals surface area contributed by atoms with Crippen molar-refractivity contribution < 1.29 is 9.47 Å². The zero-order chi connectivity index (χ0) is 12.0. The molecule has 0 saturated carbocycles. The number of rotatable bonds is 6. The maximum absolute atomic E-state index is 5.80. The minimum absolute atomic E-state index is 0.465. The van der Waals surface area contributed by atoms with Gasteiger partial charge in [-0.05, 0) is 12.0 Å². The summed E-state index contributed by atoms with van der Waals surface area (Å²) in [6, 6.07) is 5.79. The molecule has 2 N–H and O–H groups in total. The third-order valence-corrected chi connectivity index (χ3v) is 2.71. The quantitative estimate of drug-likeness (QED) is 0.806. The Kier molecular flexibility index (Phi) is 5.12. The number of benzene rings is 1. The molecule has 0 bridgehead atoms. The molecule has 1 rings (SSSR count). The van der Waals surface area contributed by atoms with E-state index in [1.54, 1.807) is 7.11 Å². The van der Waals surface area contributed by atoms with Crippen molar-refractivity contribution in [2.45, 2.75) is 26.8 Å². The average molecular weight is 223 g/mol. The molecule has 1 aromatic carbocycles. The van der Waals surface area contributed by atoms with E-state index in [1.165, 1.54) is 0 Å². The van der Waals surface area contributed by atoms with Gasteiger partial charge in [0.05, 0.1) is 13.7 Å². The number of nitrogens with two attached hydrogens (primary N) is 1. The van der Waals surface area contributed by atoms with Crippen molar-refractivity contribution in [2.24, 2.45) is 11.7 Å². The lowest BCUT2D eigenvalue weighted by molar-refractivity contribution is 0.242. The molecule has 0 aliphatic rings. The fourth-order valence-corrected chi connectivity index (χ4v) is 1.39. The molecule has 16 heavy (non-hydrogen) atoms. The van der Waals surface area contributed by atoms with Crippen LogP contribution >= 0.6 is 0 Å². The van der Waals surface area contributed by atoms with Crippen LogP contribution in [-0.4, -0.2) is 13.7 Å². The van der Waals surface area contributed by atoms with Gasteiger partial charge in [-0.3, -0.25) is 0 Å². The van der Waals surface area contributed by atoms with Gasteiger partial charge in [0, 0.05) is 12.1 Å². The second-order valence-electron chi connectivity index (χ2n) is 3.98. The predicted molar refractivity (Wildman–Crippen MR) is 65.8 cm³/mol. The third-order valence-electron chi connectivity index (χ3n) is 2.71. The second-order valence-corrected chi connectivity index (χ2v) is 3.98. The van der Waals surface area contributed by atoms with Gasteiger partial charge in [-0.2, -0.15) is 0 Å². The molecule has 0 saturated heterocycles. The first-order valence-electron chi connectivity index (χ1n) is 5.71. The molecule has 90 valence electrons. The molecule has 3 nitrogen and oxygen atoms in total. The summed E-state index contributed by atoms with van der Waals surface area (Å²) in [6.45, 7) is 5.48. The zero-order valence-corrected chi connectivity index (χ0v) is 10.3. The molecule has 0 aliphatic carbocycles. The SMILES string of the molecule is CCC(C)COc1c(CN)cccc1OC. The topological polar surface area (TPSA) is 44.5 Å². The molecule has 1 unspecified atom stereocenters. The van der Waals surface area contributed by atoms with E-state index in [1.807, 2.05) is 18.2 Å². The van der Waals surface area contributed by atoms with E-state index in [-0.39, 0.29) is 0 Å². The molecule has 0 radical (unpaired) electrons. The summed E-state index contributed by atoms with van der Waals surface area (Å²) in [4.78, 5) is 0. The lowest BCUT2D eigenvalue weighted by Crippen LogP contribution is -2.10. The van der Waals surface area contributed by atoms with Gasteiger partial charge in [-0.1, -0.05) is 32.4 Å². The van der Waals surface area contributed by atoms with Gasteiger partial charge in [0.25, 0.3) is 0 Å². The van der Waals surface area contributed by atoms with Crippen LogP contribution in [0.4, 0.5) is 0 Å². The van der Waals surface area contributed by atoms with Crippen LogP contribution in [-0.2, 0) is 6.54 Å². The van der Waals surface area contributed by atoms with E-state index in [0.29, 0.717) is 19.1 Å². The highest BCUT2D eigenvalue weighted by atomic mass is 16.5. The number of para-hydroxylation sites is 1. The van der Waals surface area contributed by atoms with Crippen molar-refractivity contribution in [2.75, 3.05) is 13.7 Å². The minimum Gasteiger partial charge on any atom is -0.493 e. The lowest BCUT2D eigenvalue weighted by atomic mass is 10.1. The molecular weight excluding hydrogens is 202 g/mol. The first-order valence-corrected chi connectivity index (χ1v) is 5.71. The molecular formula is C13H21NO2. The predicted octanol–water partition coefficient (Wildman–Crippen LogP) is 2.58. The van der Waals surface area contributed by atoms with Gasteiger partial charge in [0.15, 0.2) is 11.5 Å². The van der Waals surface area contributed by atoms with E-state index >= 15 is 0 Å². The Hall–Kier alpha value is -1.22. The number of methoxy groups -OCH3 is 1. The van der Waals surface area contributed by atoms with Gasteiger partial charge < -0.3 is 15.2 Å². The summed E-state index contributed by atoms with van der Waals surface area (Å²) < 4.78 is 11.1. The van der Waals surface area contributed by atoms with Crippen LogP contribution in [0.2, 0.25) is 0 Å². The molecule has 0 fully saturated rings. The Bertz CT molecular complexity index is 303. The first-order chi connectivity index (χ1) is 7.72. The largest absolute Gasteiger partial charge is 0.493 e. The Balaban J connectivity index is 2.82. The molecule has 1 aromatic rings. The number of hydrogen-bond acceptors (Lipinski definition) is 3. The van der Waals surface area contributed by atoms with E-state index in [2.05, 4.69) is 13.8 Å². The van der Waals surface area contributed by atoms with Crippen molar-refractivity contribution in [1.82, 2.24) is 0 Å². The fourth-order valence-electron chi connectivity index (χ4n) is 1.39.